The molecule has 4 heteroatoms. The fraction of sp³-hybridized carbons (Fsp3) is 0.571. The third kappa shape index (κ3) is 5.19. The Morgan fingerprint density at radius 1 is 1.33 bits per heavy atom. The van der Waals surface area contributed by atoms with Crippen molar-refractivity contribution in [3.8, 4) is 0 Å². The average Bonchev–Trinajstić information content (AvgIpc) is 2.27. The molecule has 1 aromatic rings. The summed E-state index contributed by atoms with van der Waals surface area (Å²) in [6.07, 6.45) is 1.05. The Bertz CT molecular complexity index is 405. The van der Waals surface area contributed by atoms with Crippen molar-refractivity contribution >= 4 is 16.5 Å². The second-order valence-corrected chi connectivity index (χ2v) is 6.41. The average molecular weight is 269 g/mol. The summed E-state index contributed by atoms with van der Waals surface area (Å²) in [4.78, 5) is 0.858. The van der Waals surface area contributed by atoms with E-state index in [1.807, 2.05) is 19.1 Å². The molecule has 0 heterocycles. The molecule has 0 saturated carbocycles. The molecule has 0 aromatic heterocycles. The van der Waals surface area contributed by atoms with Gasteiger partial charge < -0.3 is 10.5 Å². The summed E-state index contributed by atoms with van der Waals surface area (Å²) >= 11 is 0. The molecule has 102 valence electrons. The van der Waals surface area contributed by atoms with Crippen LogP contribution in [0, 0.1) is 12.8 Å². The van der Waals surface area contributed by atoms with Crippen molar-refractivity contribution in [3.63, 3.8) is 0 Å². The van der Waals surface area contributed by atoms with Gasteiger partial charge in [0, 0.05) is 17.2 Å². The highest BCUT2D eigenvalue weighted by Crippen LogP contribution is 2.16. The van der Waals surface area contributed by atoms with Crippen molar-refractivity contribution in [2.75, 3.05) is 24.7 Å². The third-order valence-corrected chi connectivity index (χ3v) is 4.18. The van der Waals surface area contributed by atoms with E-state index in [1.165, 1.54) is 0 Å². The van der Waals surface area contributed by atoms with E-state index in [2.05, 4.69) is 13.8 Å². The van der Waals surface area contributed by atoms with Gasteiger partial charge in [0.25, 0.3) is 0 Å². The summed E-state index contributed by atoms with van der Waals surface area (Å²) in [5, 5.41) is 0. The number of hydrogen-bond donors (Lipinski definition) is 1. The van der Waals surface area contributed by atoms with Gasteiger partial charge in [-0.2, -0.15) is 0 Å². The summed E-state index contributed by atoms with van der Waals surface area (Å²) in [7, 11) is -0.998. The Balaban J connectivity index is 2.36. The van der Waals surface area contributed by atoms with Gasteiger partial charge in [0.15, 0.2) is 0 Å². The molecule has 3 nitrogen and oxygen atoms in total. The number of anilines is 1. The highest BCUT2D eigenvalue weighted by molar-refractivity contribution is 7.85. The van der Waals surface area contributed by atoms with E-state index in [4.69, 9.17) is 10.5 Å². The Labute approximate surface area is 112 Å². The lowest BCUT2D eigenvalue weighted by atomic mass is 10.1. The summed E-state index contributed by atoms with van der Waals surface area (Å²) in [6.45, 7) is 7.56. The molecule has 1 rings (SSSR count). The van der Waals surface area contributed by atoms with Crippen LogP contribution in [0.4, 0.5) is 5.69 Å². The van der Waals surface area contributed by atoms with Crippen LogP contribution in [-0.4, -0.2) is 23.2 Å². The minimum atomic E-state index is -0.998. The molecule has 0 spiro atoms. The van der Waals surface area contributed by atoms with Crippen LogP contribution in [0.5, 0.6) is 0 Å². The molecule has 0 aliphatic carbocycles. The number of aryl methyl sites for hydroxylation is 1. The highest BCUT2D eigenvalue weighted by Gasteiger charge is 2.07. The lowest BCUT2D eigenvalue weighted by molar-refractivity contribution is 0.138. The predicted octanol–water partition coefficient (Wildman–Crippen LogP) is 2.75. The van der Waals surface area contributed by atoms with Crippen LogP contribution >= 0.6 is 0 Å². The third-order valence-electron chi connectivity index (χ3n) is 2.70. The van der Waals surface area contributed by atoms with Gasteiger partial charge in [-0.05, 0) is 43.0 Å². The SMILES string of the molecule is Cc1cc(N)ccc1S(=O)CCOCCC(C)C. The molecule has 18 heavy (non-hydrogen) atoms. The van der Waals surface area contributed by atoms with E-state index in [0.29, 0.717) is 24.0 Å². The molecule has 1 unspecified atom stereocenters. The Kier molecular flexibility index (Phi) is 6.36. The molecule has 1 aromatic carbocycles. The Morgan fingerprint density at radius 2 is 2.06 bits per heavy atom. The van der Waals surface area contributed by atoms with Crippen LogP contribution in [0.25, 0.3) is 0 Å². The molecule has 2 N–H and O–H groups in total. The summed E-state index contributed by atoms with van der Waals surface area (Å²) in [6, 6.07) is 5.49. The van der Waals surface area contributed by atoms with Gasteiger partial charge in [-0.25, -0.2) is 0 Å². The van der Waals surface area contributed by atoms with Crippen LogP contribution in [0.3, 0.4) is 0 Å². The number of rotatable bonds is 7. The fourth-order valence-electron chi connectivity index (χ4n) is 1.59. The molecule has 0 fully saturated rings. The van der Waals surface area contributed by atoms with E-state index < -0.39 is 10.8 Å². The largest absolute Gasteiger partial charge is 0.399 e. The maximum absolute atomic E-state index is 12.1. The van der Waals surface area contributed by atoms with Crippen LogP contribution in [-0.2, 0) is 15.5 Å². The van der Waals surface area contributed by atoms with Crippen LogP contribution < -0.4 is 5.73 Å². The van der Waals surface area contributed by atoms with Crippen molar-refractivity contribution < 1.29 is 8.95 Å². The van der Waals surface area contributed by atoms with Crippen molar-refractivity contribution in [1.29, 1.82) is 0 Å². The van der Waals surface area contributed by atoms with E-state index in [0.717, 1.165) is 23.5 Å². The highest BCUT2D eigenvalue weighted by atomic mass is 32.2. The molecule has 0 radical (unpaired) electrons. The van der Waals surface area contributed by atoms with Crippen molar-refractivity contribution in [1.82, 2.24) is 0 Å². The lowest BCUT2D eigenvalue weighted by Gasteiger charge is -2.08. The minimum Gasteiger partial charge on any atom is -0.399 e. The van der Waals surface area contributed by atoms with Crippen molar-refractivity contribution in [2.45, 2.75) is 32.1 Å². The Hall–Kier alpha value is -0.870. The van der Waals surface area contributed by atoms with E-state index in [1.54, 1.807) is 6.07 Å². The number of hydrogen-bond acceptors (Lipinski definition) is 3. The van der Waals surface area contributed by atoms with Gasteiger partial charge in [0.05, 0.1) is 23.2 Å². The van der Waals surface area contributed by atoms with Gasteiger partial charge in [0.1, 0.15) is 0 Å². The zero-order chi connectivity index (χ0) is 13.5. The van der Waals surface area contributed by atoms with Crippen LogP contribution in [0.2, 0.25) is 0 Å². The minimum absolute atomic E-state index is 0.544. The summed E-state index contributed by atoms with van der Waals surface area (Å²) in [5.74, 6) is 1.19. The summed E-state index contributed by atoms with van der Waals surface area (Å²) in [5.41, 5.74) is 7.36. The van der Waals surface area contributed by atoms with E-state index in [9.17, 15) is 4.21 Å². The van der Waals surface area contributed by atoms with Gasteiger partial charge in [-0.15, -0.1) is 0 Å². The second-order valence-electron chi connectivity index (χ2n) is 4.87. The first-order valence-corrected chi connectivity index (χ1v) is 7.65. The number of nitrogens with two attached hydrogens (primary N) is 1. The molecule has 0 aliphatic heterocycles. The molecule has 0 saturated heterocycles. The monoisotopic (exact) mass is 269 g/mol. The quantitative estimate of drug-likeness (QED) is 0.611. The molecular weight excluding hydrogens is 246 g/mol. The van der Waals surface area contributed by atoms with Crippen molar-refractivity contribution in [2.24, 2.45) is 5.92 Å². The molecule has 0 amide bonds. The molecule has 0 bridgehead atoms. The lowest BCUT2D eigenvalue weighted by Crippen LogP contribution is -2.09. The zero-order valence-electron chi connectivity index (χ0n) is 11.4. The number of benzene rings is 1. The predicted molar refractivity (Wildman–Crippen MR) is 77.1 cm³/mol. The zero-order valence-corrected chi connectivity index (χ0v) is 12.3. The van der Waals surface area contributed by atoms with Gasteiger partial charge >= 0.3 is 0 Å². The fourth-order valence-corrected chi connectivity index (χ4v) is 2.72. The maximum atomic E-state index is 12.1. The van der Waals surface area contributed by atoms with Gasteiger partial charge in [0.2, 0.25) is 0 Å². The number of ether oxygens (including phenoxy) is 1. The van der Waals surface area contributed by atoms with Gasteiger partial charge in [-0.3, -0.25) is 4.21 Å². The molecule has 0 aliphatic rings. The van der Waals surface area contributed by atoms with Gasteiger partial charge in [-0.1, -0.05) is 13.8 Å². The van der Waals surface area contributed by atoms with Crippen LogP contribution in [0.15, 0.2) is 23.1 Å². The maximum Gasteiger partial charge on any atom is 0.0585 e. The topological polar surface area (TPSA) is 52.3 Å². The first-order chi connectivity index (χ1) is 8.50. The first kappa shape index (κ1) is 15.2. The van der Waals surface area contributed by atoms with E-state index >= 15 is 0 Å². The van der Waals surface area contributed by atoms with Crippen molar-refractivity contribution in [3.05, 3.63) is 23.8 Å². The van der Waals surface area contributed by atoms with Crippen LogP contribution in [0.1, 0.15) is 25.8 Å². The number of nitrogen functional groups attached to an aromatic ring is 1. The molecule has 1 atom stereocenters. The standard InChI is InChI=1S/C14H23NO2S/c1-11(2)6-7-17-8-9-18(16)14-5-4-13(15)10-12(14)3/h4-5,10-11H,6-9,15H2,1-3H3. The first-order valence-electron chi connectivity index (χ1n) is 6.33. The second kappa shape index (κ2) is 7.54. The summed E-state index contributed by atoms with van der Waals surface area (Å²) < 4.78 is 17.5. The molecular formula is C14H23NO2S. The normalized spacial score (nSPS) is 12.9. The Morgan fingerprint density at radius 3 is 2.67 bits per heavy atom. The smallest absolute Gasteiger partial charge is 0.0585 e. The van der Waals surface area contributed by atoms with E-state index in [-0.39, 0.29) is 0 Å².